The highest BCUT2D eigenvalue weighted by atomic mass is 16.6. The summed E-state index contributed by atoms with van der Waals surface area (Å²) in [5.41, 5.74) is 0. The minimum Gasteiger partial charge on any atom is -0.480 e. The van der Waals surface area contributed by atoms with E-state index in [9.17, 15) is 9.59 Å². The SMILES string of the molecule is O=C(O)CN(COCO)CC(=O)O. The number of aliphatic carboxylic acids is 2. The summed E-state index contributed by atoms with van der Waals surface area (Å²) < 4.78 is 4.45. The second-order valence-corrected chi connectivity index (χ2v) is 2.24. The molecular weight excluding hydrogens is 182 g/mol. The summed E-state index contributed by atoms with van der Waals surface area (Å²) in [7, 11) is 0. The smallest absolute Gasteiger partial charge is 0.317 e. The Bertz CT molecular complexity index is 166. The summed E-state index contributed by atoms with van der Waals surface area (Å²) in [6.07, 6.45) is 0. The van der Waals surface area contributed by atoms with Crippen LogP contribution in [0.15, 0.2) is 0 Å². The standard InChI is InChI=1S/C6H11NO6/c8-4-13-3-7(1-5(9)10)2-6(11)12/h8H,1-4H2,(H,9,10)(H,11,12). The summed E-state index contributed by atoms with van der Waals surface area (Å²) in [5.74, 6) is -2.30. The van der Waals surface area contributed by atoms with Crippen molar-refractivity contribution >= 4 is 11.9 Å². The summed E-state index contributed by atoms with van der Waals surface area (Å²) >= 11 is 0. The highest BCUT2D eigenvalue weighted by molar-refractivity contribution is 5.72. The fourth-order valence-corrected chi connectivity index (χ4v) is 0.700. The number of carboxylic acid groups (broad SMARTS) is 2. The Morgan fingerprint density at radius 3 is 1.92 bits per heavy atom. The van der Waals surface area contributed by atoms with Crippen molar-refractivity contribution in [2.24, 2.45) is 0 Å². The van der Waals surface area contributed by atoms with Gasteiger partial charge in [0.05, 0.1) is 13.1 Å². The third-order valence-electron chi connectivity index (χ3n) is 1.08. The number of rotatable bonds is 7. The predicted molar refractivity (Wildman–Crippen MR) is 39.9 cm³/mol. The molecule has 0 aliphatic rings. The number of hydrogen-bond donors (Lipinski definition) is 3. The molecule has 0 unspecified atom stereocenters. The first kappa shape index (κ1) is 11.8. The number of nitrogens with zero attached hydrogens (tertiary/aromatic N) is 1. The molecule has 0 aliphatic carbocycles. The lowest BCUT2D eigenvalue weighted by atomic mass is 10.5. The Hall–Kier alpha value is -1.18. The van der Waals surface area contributed by atoms with Crippen molar-refractivity contribution in [1.82, 2.24) is 4.90 Å². The molecule has 0 rings (SSSR count). The highest BCUT2D eigenvalue weighted by Crippen LogP contribution is 1.88. The van der Waals surface area contributed by atoms with Crippen LogP contribution in [0.2, 0.25) is 0 Å². The average molecular weight is 193 g/mol. The first-order valence-corrected chi connectivity index (χ1v) is 3.40. The van der Waals surface area contributed by atoms with E-state index in [-0.39, 0.29) is 6.73 Å². The van der Waals surface area contributed by atoms with Crippen LogP contribution in [0.3, 0.4) is 0 Å². The van der Waals surface area contributed by atoms with Crippen LogP contribution in [0.5, 0.6) is 0 Å². The van der Waals surface area contributed by atoms with Crippen LogP contribution in [-0.4, -0.2) is 58.8 Å². The summed E-state index contributed by atoms with van der Waals surface area (Å²) in [6.45, 7) is -1.68. The van der Waals surface area contributed by atoms with Gasteiger partial charge in [0.15, 0.2) is 0 Å². The van der Waals surface area contributed by atoms with E-state index in [0.717, 1.165) is 4.90 Å². The van der Waals surface area contributed by atoms with E-state index in [4.69, 9.17) is 15.3 Å². The van der Waals surface area contributed by atoms with Gasteiger partial charge in [0, 0.05) is 0 Å². The molecule has 0 aromatic heterocycles. The molecule has 0 aromatic carbocycles. The fraction of sp³-hybridized carbons (Fsp3) is 0.667. The molecule has 0 amide bonds. The largest absolute Gasteiger partial charge is 0.480 e. The Morgan fingerprint density at radius 1 is 1.15 bits per heavy atom. The lowest BCUT2D eigenvalue weighted by molar-refractivity contribution is -0.146. The van der Waals surface area contributed by atoms with Gasteiger partial charge in [-0.15, -0.1) is 0 Å². The van der Waals surface area contributed by atoms with Gasteiger partial charge in [0.25, 0.3) is 0 Å². The van der Waals surface area contributed by atoms with Gasteiger partial charge in [-0.05, 0) is 0 Å². The molecule has 76 valence electrons. The fourth-order valence-electron chi connectivity index (χ4n) is 0.700. The van der Waals surface area contributed by atoms with Gasteiger partial charge in [0.2, 0.25) is 0 Å². The molecule has 0 radical (unpaired) electrons. The molecule has 0 aliphatic heterocycles. The summed E-state index contributed by atoms with van der Waals surface area (Å²) in [4.78, 5) is 21.4. The molecule has 7 heteroatoms. The molecule has 3 N–H and O–H groups in total. The lowest BCUT2D eigenvalue weighted by Gasteiger charge is -2.16. The maximum absolute atomic E-state index is 10.2. The van der Waals surface area contributed by atoms with Gasteiger partial charge in [-0.25, -0.2) is 0 Å². The molecule has 0 saturated heterocycles. The number of carboxylic acids is 2. The predicted octanol–water partition coefficient (Wildman–Crippen LogP) is -1.62. The van der Waals surface area contributed by atoms with Gasteiger partial charge >= 0.3 is 11.9 Å². The zero-order valence-corrected chi connectivity index (χ0v) is 6.84. The first-order chi connectivity index (χ1) is 6.06. The van der Waals surface area contributed by atoms with Crippen LogP contribution in [0, 0.1) is 0 Å². The molecule has 0 fully saturated rings. The third-order valence-corrected chi connectivity index (χ3v) is 1.08. The molecule has 0 spiro atoms. The number of aliphatic hydroxyl groups excluding tert-OH is 1. The molecule has 0 aromatic rings. The molecule has 0 bridgehead atoms. The Balaban J connectivity index is 3.87. The van der Waals surface area contributed by atoms with Crippen LogP contribution < -0.4 is 0 Å². The monoisotopic (exact) mass is 193 g/mol. The topological polar surface area (TPSA) is 107 Å². The van der Waals surface area contributed by atoms with E-state index in [1.54, 1.807) is 0 Å². The van der Waals surface area contributed by atoms with Gasteiger partial charge in [-0.3, -0.25) is 14.5 Å². The summed E-state index contributed by atoms with van der Waals surface area (Å²) in [5, 5.41) is 24.9. The van der Waals surface area contributed by atoms with Crippen molar-refractivity contribution < 1.29 is 29.6 Å². The van der Waals surface area contributed by atoms with E-state index in [1.165, 1.54) is 0 Å². The Kier molecular flexibility index (Phi) is 5.77. The number of carbonyl (C=O) groups is 2. The first-order valence-electron chi connectivity index (χ1n) is 3.40. The highest BCUT2D eigenvalue weighted by Gasteiger charge is 2.12. The number of aliphatic hydroxyl groups is 1. The van der Waals surface area contributed by atoms with Crippen molar-refractivity contribution in [3.8, 4) is 0 Å². The average Bonchev–Trinajstić information content (AvgIpc) is 1.98. The quantitative estimate of drug-likeness (QED) is 0.417. The minimum atomic E-state index is -1.15. The zero-order valence-electron chi connectivity index (χ0n) is 6.84. The van der Waals surface area contributed by atoms with Crippen molar-refractivity contribution in [1.29, 1.82) is 0 Å². The van der Waals surface area contributed by atoms with E-state index in [2.05, 4.69) is 4.74 Å². The van der Waals surface area contributed by atoms with Crippen molar-refractivity contribution in [3.63, 3.8) is 0 Å². The van der Waals surface area contributed by atoms with Crippen molar-refractivity contribution in [3.05, 3.63) is 0 Å². The number of ether oxygens (including phenoxy) is 1. The van der Waals surface area contributed by atoms with Crippen LogP contribution >= 0.6 is 0 Å². The molecule has 0 heterocycles. The normalized spacial score (nSPS) is 10.3. The van der Waals surface area contributed by atoms with Crippen molar-refractivity contribution in [2.45, 2.75) is 0 Å². The van der Waals surface area contributed by atoms with Gasteiger partial charge < -0.3 is 20.1 Å². The molecule has 13 heavy (non-hydrogen) atoms. The third kappa shape index (κ3) is 7.19. The van der Waals surface area contributed by atoms with Crippen LogP contribution in [0.25, 0.3) is 0 Å². The Morgan fingerprint density at radius 2 is 1.62 bits per heavy atom. The number of hydrogen-bond acceptors (Lipinski definition) is 5. The van der Waals surface area contributed by atoms with E-state index < -0.39 is 31.8 Å². The van der Waals surface area contributed by atoms with Crippen molar-refractivity contribution in [2.75, 3.05) is 26.6 Å². The van der Waals surface area contributed by atoms with Gasteiger partial charge in [-0.1, -0.05) is 0 Å². The molecule has 0 saturated carbocycles. The summed E-state index contributed by atoms with van der Waals surface area (Å²) in [6, 6.07) is 0. The molecular formula is C6H11NO6. The molecule has 7 nitrogen and oxygen atoms in total. The second-order valence-electron chi connectivity index (χ2n) is 2.24. The molecule has 0 atom stereocenters. The van der Waals surface area contributed by atoms with Crippen LogP contribution in [-0.2, 0) is 14.3 Å². The minimum absolute atomic E-state index is 0.227. The maximum atomic E-state index is 10.2. The zero-order chi connectivity index (χ0) is 10.3. The Labute approximate surface area is 74.1 Å². The van der Waals surface area contributed by atoms with E-state index in [0.29, 0.717) is 0 Å². The van der Waals surface area contributed by atoms with Gasteiger partial charge in [-0.2, -0.15) is 0 Å². The maximum Gasteiger partial charge on any atom is 0.317 e. The van der Waals surface area contributed by atoms with E-state index in [1.807, 2.05) is 0 Å². The van der Waals surface area contributed by atoms with E-state index >= 15 is 0 Å². The van der Waals surface area contributed by atoms with Gasteiger partial charge in [0.1, 0.15) is 13.5 Å². The lowest BCUT2D eigenvalue weighted by Crippen LogP contribution is -2.36. The van der Waals surface area contributed by atoms with Crippen LogP contribution in [0.4, 0.5) is 0 Å². The van der Waals surface area contributed by atoms with Crippen LogP contribution in [0.1, 0.15) is 0 Å². The second kappa shape index (κ2) is 6.35.